The minimum Gasteiger partial charge on any atom is -0.378 e. The molecule has 0 heterocycles. The van der Waals surface area contributed by atoms with Gasteiger partial charge in [-0.1, -0.05) is 0 Å². The van der Waals surface area contributed by atoms with Gasteiger partial charge in [0.2, 0.25) is 0 Å². The van der Waals surface area contributed by atoms with Gasteiger partial charge in [0.1, 0.15) is 0 Å². The molecule has 0 atom stereocenters. The summed E-state index contributed by atoms with van der Waals surface area (Å²) in [5, 5.41) is 8.34. The van der Waals surface area contributed by atoms with Crippen LogP contribution in [0, 0.1) is 11.3 Å². The molecule has 29 heavy (non-hydrogen) atoms. The molecule has 0 radical (unpaired) electrons. The third kappa shape index (κ3) is 27.1. The van der Waals surface area contributed by atoms with Crippen molar-refractivity contribution in [1.82, 2.24) is 0 Å². The Morgan fingerprint density at radius 3 is 0.897 bits per heavy atom. The van der Waals surface area contributed by atoms with E-state index in [0.717, 1.165) is 0 Å². The van der Waals surface area contributed by atoms with Gasteiger partial charge < -0.3 is 43.6 Å². The summed E-state index contributed by atoms with van der Waals surface area (Å²) in [5.41, 5.74) is 5.30. The van der Waals surface area contributed by atoms with Crippen LogP contribution >= 0.6 is 0 Å². The van der Waals surface area contributed by atoms with Crippen molar-refractivity contribution in [2.45, 2.75) is 6.42 Å². The van der Waals surface area contributed by atoms with E-state index in [4.69, 9.17) is 48.9 Å². The number of nitrogens with zero attached hydrogens (tertiary/aromatic N) is 1. The Labute approximate surface area is 174 Å². The maximum atomic E-state index is 8.34. The van der Waals surface area contributed by atoms with Crippen molar-refractivity contribution < 1.29 is 37.9 Å². The van der Waals surface area contributed by atoms with Crippen LogP contribution in [0.1, 0.15) is 6.42 Å². The second-order valence-corrected chi connectivity index (χ2v) is 5.60. The molecule has 172 valence electrons. The largest absolute Gasteiger partial charge is 0.378 e. The molecule has 0 aromatic rings. The fourth-order valence-electron chi connectivity index (χ4n) is 1.84. The van der Waals surface area contributed by atoms with E-state index in [0.29, 0.717) is 119 Å². The molecule has 2 N–H and O–H groups in total. The van der Waals surface area contributed by atoms with Crippen molar-refractivity contribution in [2.24, 2.45) is 5.73 Å². The van der Waals surface area contributed by atoms with Crippen molar-refractivity contribution >= 4 is 0 Å². The van der Waals surface area contributed by atoms with Gasteiger partial charge in [-0.05, 0) is 0 Å². The van der Waals surface area contributed by atoms with Gasteiger partial charge in [0.15, 0.2) is 0 Å². The lowest BCUT2D eigenvalue weighted by molar-refractivity contribution is -0.0228. The minimum atomic E-state index is 0.407. The first kappa shape index (κ1) is 28.1. The number of rotatable bonds is 25. The molecule has 0 aromatic carbocycles. The van der Waals surface area contributed by atoms with E-state index >= 15 is 0 Å². The third-order valence-corrected chi connectivity index (χ3v) is 3.22. The summed E-state index contributed by atoms with van der Waals surface area (Å²) in [5.74, 6) is 0. The highest BCUT2D eigenvalue weighted by Gasteiger charge is 1.95. The molecule has 0 aliphatic rings. The standard InChI is InChI=1S/C19H38N2O8/c20-2-1-4-22-6-8-24-10-12-26-14-16-28-18-19-29-17-15-27-13-11-25-9-7-23-5-3-21/h1,3-19,21H2. The summed E-state index contributed by atoms with van der Waals surface area (Å²) in [6.45, 7) is 8.87. The Hall–Kier alpha value is -0.870. The molecule has 0 aliphatic carbocycles. The fourth-order valence-corrected chi connectivity index (χ4v) is 1.84. The van der Waals surface area contributed by atoms with Crippen molar-refractivity contribution in [3.63, 3.8) is 0 Å². The van der Waals surface area contributed by atoms with Crippen LogP contribution in [0.25, 0.3) is 0 Å². The molecule has 10 heteroatoms. The first-order chi connectivity index (χ1) is 14.4. The van der Waals surface area contributed by atoms with Crippen molar-refractivity contribution in [1.29, 1.82) is 5.26 Å². The van der Waals surface area contributed by atoms with Crippen molar-refractivity contribution in [3.05, 3.63) is 0 Å². The molecule has 0 fully saturated rings. The van der Waals surface area contributed by atoms with Crippen LogP contribution in [0.2, 0.25) is 0 Å². The zero-order valence-electron chi connectivity index (χ0n) is 17.5. The summed E-state index contributed by atoms with van der Waals surface area (Å²) < 4.78 is 42.6. The van der Waals surface area contributed by atoms with E-state index in [9.17, 15) is 0 Å². The van der Waals surface area contributed by atoms with Crippen LogP contribution in [0.4, 0.5) is 0 Å². The fraction of sp³-hybridized carbons (Fsp3) is 0.947. The Bertz CT molecular complexity index is 345. The highest BCUT2D eigenvalue weighted by Crippen LogP contribution is 1.86. The first-order valence-corrected chi connectivity index (χ1v) is 10.1. The monoisotopic (exact) mass is 422 g/mol. The van der Waals surface area contributed by atoms with Crippen LogP contribution in [0.15, 0.2) is 0 Å². The van der Waals surface area contributed by atoms with E-state index in [2.05, 4.69) is 0 Å². The molecule has 0 saturated carbocycles. The average Bonchev–Trinajstić information content (AvgIpc) is 2.74. The van der Waals surface area contributed by atoms with Gasteiger partial charge in [0, 0.05) is 6.54 Å². The summed E-state index contributed by atoms with van der Waals surface area (Å²) in [6, 6.07) is 2.01. The molecule has 0 unspecified atom stereocenters. The molecular formula is C19H38N2O8. The molecule has 10 nitrogen and oxygen atoms in total. The average molecular weight is 423 g/mol. The lowest BCUT2D eigenvalue weighted by Gasteiger charge is -2.08. The summed E-state index contributed by atoms with van der Waals surface area (Å²) in [6.07, 6.45) is 0.407. The molecule has 0 aromatic heterocycles. The lowest BCUT2D eigenvalue weighted by atomic mass is 10.5. The molecular weight excluding hydrogens is 384 g/mol. The van der Waals surface area contributed by atoms with Gasteiger partial charge in [0.25, 0.3) is 0 Å². The number of hydrogen-bond donors (Lipinski definition) is 1. The third-order valence-electron chi connectivity index (χ3n) is 3.22. The molecule has 0 bridgehead atoms. The van der Waals surface area contributed by atoms with Crippen molar-refractivity contribution in [3.8, 4) is 6.07 Å². The normalized spacial score (nSPS) is 11.0. The van der Waals surface area contributed by atoms with Gasteiger partial charge in [-0.2, -0.15) is 5.26 Å². The van der Waals surface area contributed by atoms with E-state index in [-0.39, 0.29) is 0 Å². The molecule has 0 saturated heterocycles. The quantitative estimate of drug-likeness (QED) is 0.201. The number of nitrogens with two attached hydrogens (primary N) is 1. The van der Waals surface area contributed by atoms with Crippen LogP contribution in [0.5, 0.6) is 0 Å². The van der Waals surface area contributed by atoms with E-state index < -0.39 is 0 Å². The van der Waals surface area contributed by atoms with Gasteiger partial charge in [-0.3, -0.25) is 0 Å². The Morgan fingerprint density at radius 1 is 0.414 bits per heavy atom. The van der Waals surface area contributed by atoms with Crippen LogP contribution < -0.4 is 5.73 Å². The van der Waals surface area contributed by atoms with Gasteiger partial charge >= 0.3 is 0 Å². The number of nitriles is 1. The minimum absolute atomic E-state index is 0.407. The van der Waals surface area contributed by atoms with Gasteiger partial charge in [-0.25, -0.2) is 0 Å². The Kier molecular flexibility index (Phi) is 26.3. The summed E-state index contributed by atoms with van der Waals surface area (Å²) in [7, 11) is 0. The van der Waals surface area contributed by atoms with Crippen LogP contribution in [-0.4, -0.2) is 112 Å². The summed E-state index contributed by atoms with van der Waals surface area (Å²) >= 11 is 0. The Balaban J connectivity index is 2.98. The number of hydrogen-bond acceptors (Lipinski definition) is 10. The van der Waals surface area contributed by atoms with E-state index in [1.54, 1.807) is 0 Å². The molecule has 0 amide bonds. The van der Waals surface area contributed by atoms with E-state index in [1.165, 1.54) is 0 Å². The van der Waals surface area contributed by atoms with Crippen molar-refractivity contribution in [2.75, 3.05) is 112 Å². The Morgan fingerprint density at radius 2 is 0.655 bits per heavy atom. The topological polar surface area (TPSA) is 124 Å². The van der Waals surface area contributed by atoms with Gasteiger partial charge in [0.05, 0.1) is 118 Å². The SMILES string of the molecule is N#CCCOCCOCCOCCOCCOCCOCCOCCOCCN. The molecule has 0 rings (SSSR count). The maximum Gasteiger partial charge on any atom is 0.0701 e. The summed E-state index contributed by atoms with van der Waals surface area (Å²) in [4.78, 5) is 0. The second-order valence-electron chi connectivity index (χ2n) is 5.60. The van der Waals surface area contributed by atoms with Crippen LogP contribution in [-0.2, 0) is 37.9 Å². The molecule has 0 spiro atoms. The van der Waals surface area contributed by atoms with Gasteiger partial charge in [-0.15, -0.1) is 0 Å². The highest BCUT2D eigenvalue weighted by atomic mass is 16.6. The highest BCUT2D eigenvalue weighted by molar-refractivity contribution is 4.66. The maximum absolute atomic E-state index is 8.34. The zero-order chi connectivity index (χ0) is 21.1. The molecule has 0 aliphatic heterocycles. The predicted molar refractivity (Wildman–Crippen MR) is 106 cm³/mol. The lowest BCUT2D eigenvalue weighted by Crippen LogP contribution is -2.15. The first-order valence-electron chi connectivity index (χ1n) is 10.1. The van der Waals surface area contributed by atoms with Crippen LogP contribution in [0.3, 0.4) is 0 Å². The predicted octanol–water partition coefficient (Wildman–Crippen LogP) is -0.00842. The second kappa shape index (κ2) is 27.1. The van der Waals surface area contributed by atoms with E-state index in [1.807, 2.05) is 6.07 Å². The number of ether oxygens (including phenoxy) is 8. The zero-order valence-corrected chi connectivity index (χ0v) is 17.5. The smallest absolute Gasteiger partial charge is 0.0701 e.